The highest BCUT2D eigenvalue weighted by molar-refractivity contribution is 6.43. The van der Waals surface area contributed by atoms with Gasteiger partial charge in [-0.3, -0.25) is 24.1 Å². The smallest absolute Gasteiger partial charge is 0.408 e. The molecule has 1 fully saturated rings. The molecule has 212 valence electrons. The number of rotatable bonds is 11. The number of nitrogens with one attached hydrogen (secondary N) is 3. The average Bonchev–Trinajstić information content (AvgIpc) is 3.22. The second-order valence-corrected chi connectivity index (χ2v) is 9.54. The first kappa shape index (κ1) is 29.8. The van der Waals surface area contributed by atoms with Crippen molar-refractivity contribution in [3.05, 3.63) is 71.8 Å². The van der Waals surface area contributed by atoms with Gasteiger partial charge < -0.3 is 25.4 Å². The van der Waals surface area contributed by atoms with Crippen LogP contribution in [0, 0.1) is 5.92 Å². The second kappa shape index (κ2) is 14.4. The first-order valence-corrected chi connectivity index (χ1v) is 12.7. The summed E-state index contributed by atoms with van der Waals surface area (Å²) in [6.45, 7) is 2.69. The lowest BCUT2D eigenvalue weighted by atomic mass is 10.0. The molecule has 12 heteroatoms. The quantitative estimate of drug-likeness (QED) is 0.355. The summed E-state index contributed by atoms with van der Waals surface area (Å²) in [6, 6.07) is 15.5. The highest BCUT2D eigenvalue weighted by atomic mass is 16.6. The number of hydrogen-bond donors (Lipinski definition) is 3. The monoisotopic (exact) mass is 552 g/mol. The lowest BCUT2D eigenvalue weighted by Gasteiger charge is -2.21. The summed E-state index contributed by atoms with van der Waals surface area (Å²) in [7, 11) is 0. The molecule has 1 aliphatic rings. The van der Waals surface area contributed by atoms with Crippen LogP contribution < -0.4 is 16.0 Å². The van der Waals surface area contributed by atoms with Gasteiger partial charge in [0.1, 0.15) is 31.8 Å². The maximum absolute atomic E-state index is 13.0. The fraction of sp³-hybridized carbons (Fsp3) is 0.357. The Morgan fingerprint density at radius 1 is 0.875 bits per heavy atom. The van der Waals surface area contributed by atoms with Gasteiger partial charge in [-0.2, -0.15) is 0 Å². The van der Waals surface area contributed by atoms with Crippen molar-refractivity contribution < 1.29 is 38.2 Å². The van der Waals surface area contributed by atoms with Crippen LogP contribution in [0.2, 0.25) is 0 Å². The Bertz CT molecular complexity index is 1220. The Balaban J connectivity index is 1.50. The summed E-state index contributed by atoms with van der Waals surface area (Å²) in [5.41, 5.74) is 1.51. The molecule has 0 aromatic heterocycles. The van der Waals surface area contributed by atoms with Gasteiger partial charge in [0.25, 0.3) is 5.91 Å². The number of carbonyl (C=O) groups is 6. The molecule has 0 radical (unpaired) electrons. The van der Waals surface area contributed by atoms with Crippen molar-refractivity contribution in [2.75, 3.05) is 13.1 Å². The van der Waals surface area contributed by atoms with Gasteiger partial charge in [0.15, 0.2) is 0 Å². The Kier molecular flexibility index (Phi) is 10.7. The van der Waals surface area contributed by atoms with Crippen LogP contribution in [0.4, 0.5) is 9.59 Å². The minimum Gasteiger partial charge on any atom is -0.445 e. The number of amides is 5. The van der Waals surface area contributed by atoms with Gasteiger partial charge >= 0.3 is 12.2 Å². The molecule has 2 aromatic carbocycles. The van der Waals surface area contributed by atoms with Crippen molar-refractivity contribution in [2.45, 2.75) is 45.6 Å². The Morgan fingerprint density at radius 2 is 1.43 bits per heavy atom. The number of nitrogens with zero attached hydrogens (tertiary/aromatic N) is 1. The molecule has 5 amide bonds. The van der Waals surface area contributed by atoms with Crippen molar-refractivity contribution in [1.29, 1.82) is 0 Å². The minimum atomic E-state index is -1.30. The predicted molar refractivity (Wildman–Crippen MR) is 141 cm³/mol. The van der Waals surface area contributed by atoms with Gasteiger partial charge in [0, 0.05) is 0 Å². The van der Waals surface area contributed by atoms with Gasteiger partial charge in [0.2, 0.25) is 17.6 Å². The number of imide groups is 1. The van der Waals surface area contributed by atoms with Crippen molar-refractivity contribution in [3.63, 3.8) is 0 Å². The maximum atomic E-state index is 13.0. The number of carbonyl (C=O) groups excluding carboxylic acids is 6. The van der Waals surface area contributed by atoms with E-state index in [1.807, 2.05) is 26.0 Å². The molecule has 0 aliphatic carbocycles. The third-order valence-corrected chi connectivity index (χ3v) is 5.88. The van der Waals surface area contributed by atoms with E-state index in [0.717, 1.165) is 11.1 Å². The van der Waals surface area contributed by atoms with E-state index in [9.17, 15) is 28.8 Å². The number of Topliss-reactive ketones (excluding diaryl/α,β-unsaturated/α-hetero) is 1. The van der Waals surface area contributed by atoms with E-state index in [2.05, 4.69) is 16.0 Å². The molecule has 2 atom stereocenters. The number of ketones is 1. The first-order chi connectivity index (χ1) is 19.1. The van der Waals surface area contributed by atoms with Crippen LogP contribution in [0.25, 0.3) is 0 Å². The fourth-order valence-corrected chi connectivity index (χ4v) is 3.86. The Morgan fingerprint density at radius 3 is 1.98 bits per heavy atom. The molecule has 1 unspecified atom stereocenters. The summed E-state index contributed by atoms with van der Waals surface area (Å²) >= 11 is 0. The lowest BCUT2D eigenvalue weighted by Crippen LogP contribution is -2.52. The Labute approximate surface area is 231 Å². The normalized spacial score (nSPS) is 15.4. The topological polar surface area (TPSA) is 160 Å². The third kappa shape index (κ3) is 8.93. The van der Waals surface area contributed by atoms with Crippen LogP contribution in [0.3, 0.4) is 0 Å². The van der Waals surface area contributed by atoms with Crippen LogP contribution in [0.1, 0.15) is 31.4 Å². The summed E-state index contributed by atoms with van der Waals surface area (Å²) in [5, 5.41) is 7.18. The SMILES string of the molecule is CC(C)C[C@H](NC(=O)OCc1ccccc1)C(=O)NC1CN(C(=O)CNC(=O)OCc2ccccc2)C(=O)C1=O. The van der Waals surface area contributed by atoms with E-state index >= 15 is 0 Å². The minimum absolute atomic E-state index is 0.00289. The zero-order chi connectivity index (χ0) is 29.1. The molecule has 2 aromatic rings. The van der Waals surface area contributed by atoms with Crippen molar-refractivity contribution in [2.24, 2.45) is 5.92 Å². The number of benzene rings is 2. The summed E-state index contributed by atoms with van der Waals surface area (Å²) in [4.78, 5) is 75.3. The highest BCUT2D eigenvalue weighted by Gasteiger charge is 2.43. The number of hydrogen-bond acceptors (Lipinski definition) is 8. The zero-order valence-electron chi connectivity index (χ0n) is 22.3. The standard InChI is InChI=1S/C28H32N4O8/c1-18(2)13-21(31-28(38)40-17-20-11-7-4-8-12-20)25(35)30-22-15-32(26(36)24(22)34)23(33)14-29-27(37)39-16-19-9-5-3-6-10-19/h3-12,18,21-22H,13-17H2,1-2H3,(H,29,37)(H,30,35)(H,31,38)/t21-,22?/m0/s1. The van der Waals surface area contributed by atoms with Gasteiger partial charge in [-0.15, -0.1) is 0 Å². The van der Waals surface area contributed by atoms with Gasteiger partial charge in [0.05, 0.1) is 6.54 Å². The molecular formula is C28H32N4O8. The lowest BCUT2D eigenvalue weighted by molar-refractivity contribution is -0.146. The molecule has 1 saturated heterocycles. The molecule has 3 N–H and O–H groups in total. The number of alkyl carbamates (subject to hydrolysis) is 2. The van der Waals surface area contributed by atoms with Crippen molar-refractivity contribution in [3.8, 4) is 0 Å². The van der Waals surface area contributed by atoms with Crippen LogP contribution in [0.15, 0.2) is 60.7 Å². The van der Waals surface area contributed by atoms with E-state index in [1.54, 1.807) is 48.5 Å². The number of likely N-dealkylation sites (tertiary alicyclic amines) is 1. The van der Waals surface area contributed by atoms with E-state index in [1.165, 1.54) is 0 Å². The van der Waals surface area contributed by atoms with Crippen molar-refractivity contribution in [1.82, 2.24) is 20.9 Å². The average molecular weight is 553 g/mol. The third-order valence-electron chi connectivity index (χ3n) is 5.88. The van der Waals surface area contributed by atoms with Crippen LogP contribution in [0.5, 0.6) is 0 Å². The summed E-state index contributed by atoms with van der Waals surface area (Å²) in [6.07, 6.45) is -1.46. The van der Waals surface area contributed by atoms with E-state index in [-0.39, 0.29) is 25.6 Å². The summed E-state index contributed by atoms with van der Waals surface area (Å²) in [5.74, 6) is -3.63. The van der Waals surface area contributed by atoms with Crippen LogP contribution in [-0.2, 0) is 41.9 Å². The van der Waals surface area contributed by atoms with Gasteiger partial charge in [-0.25, -0.2) is 9.59 Å². The maximum Gasteiger partial charge on any atom is 0.408 e. The van der Waals surface area contributed by atoms with Crippen molar-refractivity contribution >= 4 is 35.7 Å². The number of ether oxygens (including phenoxy) is 2. The first-order valence-electron chi connectivity index (χ1n) is 12.7. The molecule has 3 rings (SSSR count). The molecule has 40 heavy (non-hydrogen) atoms. The molecule has 1 heterocycles. The second-order valence-electron chi connectivity index (χ2n) is 9.54. The molecule has 0 saturated carbocycles. The van der Waals surface area contributed by atoms with Crippen LogP contribution in [-0.4, -0.2) is 65.8 Å². The fourth-order valence-electron chi connectivity index (χ4n) is 3.86. The molecule has 0 spiro atoms. The highest BCUT2D eigenvalue weighted by Crippen LogP contribution is 2.11. The molecule has 0 bridgehead atoms. The predicted octanol–water partition coefficient (Wildman–Crippen LogP) is 1.68. The van der Waals surface area contributed by atoms with E-state index in [4.69, 9.17) is 9.47 Å². The molecule has 12 nitrogen and oxygen atoms in total. The van der Waals surface area contributed by atoms with Gasteiger partial charge in [-0.1, -0.05) is 74.5 Å². The van der Waals surface area contributed by atoms with Gasteiger partial charge in [-0.05, 0) is 23.5 Å². The molecular weight excluding hydrogens is 520 g/mol. The summed E-state index contributed by atoms with van der Waals surface area (Å²) < 4.78 is 10.2. The Hall–Kier alpha value is -4.74. The van der Waals surface area contributed by atoms with E-state index < -0.39 is 60.9 Å². The van der Waals surface area contributed by atoms with Crippen LogP contribution >= 0.6 is 0 Å². The van der Waals surface area contributed by atoms with E-state index in [0.29, 0.717) is 4.90 Å². The largest absolute Gasteiger partial charge is 0.445 e. The molecule has 1 aliphatic heterocycles. The zero-order valence-corrected chi connectivity index (χ0v) is 22.3.